The minimum atomic E-state index is 0.0199. The quantitative estimate of drug-likeness (QED) is 0.702. The molecule has 0 aromatic heterocycles. The van der Waals surface area contributed by atoms with Gasteiger partial charge in [-0.3, -0.25) is 19.3 Å². The second-order valence-electron chi connectivity index (χ2n) is 7.16. The molecule has 0 aromatic carbocycles. The van der Waals surface area contributed by atoms with Crippen molar-refractivity contribution >= 4 is 29.5 Å². The molecule has 0 bridgehead atoms. The van der Waals surface area contributed by atoms with E-state index < -0.39 is 0 Å². The summed E-state index contributed by atoms with van der Waals surface area (Å²) >= 11 is 1.56. The Morgan fingerprint density at radius 3 is 2.44 bits per heavy atom. The molecule has 0 radical (unpaired) electrons. The number of nitrogens with zero attached hydrogens (tertiary/aromatic N) is 4. The van der Waals surface area contributed by atoms with Crippen LogP contribution in [0.15, 0.2) is 0 Å². The molecule has 0 aliphatic carbocycles. The summed E-state index contributed by atoms with van der Waals surface area (Å²) in [6.45, 7) is 6.37. The van der Waals surface area contributed by atoms with Gasteiger partial charge in [-0.2, -0.15) is 0 Å². The number of carbonyl (C=O) groups excluding carboxylic acids is 3. The summed E-state index contributed by atoms with van der Waals surface area (Å²) in [5.41, 5.74) is 0. The number of amides is 3. The minimum absolute atomic E-state index is 0.0199. The summed E-state index contributed by atoms with van der Waals surface area (Å²) in [4.78, 5) is 44.1. The van der Waals surface area contributed by atoms with E-state index in [1.807, 2.05) is 9.80 Å². The molecule has 1 unspecified atom stereocenters. The van der Waals surface area contributed by atoms with Gasteiger partial charge in [-0.05, 0) is 26.2 Å². The highest BCUT2D eigenvalue weighted by Crippen LogP contribution is 2.17. The second kappa shape index (κ2) is 8.40. The summed E-state index contributed by atoms with van der Waals surface area (Å²) < 4.78 is 0. The van der Waals surface area contributed by atoms with Gasteiger partial charge in [-0.1, -0.05) is 0 Å². The van der Waals surface area contributed by atoms with Gasteiger partial charge in [0.25, 0.3) is 0 Å². The highest BCUT2D eigenvalue weighted by atomic mass is 32.2. The maximum absolute atomic E-state index is 12.5. The Balaban J connectivity index is 1.41. The molecule has 0 saturated carbocycles. The van der Waals surface area contributed by atoms with Gasteiger partial charge in [0, 0.05) is 38.8 Å². The van der Waals surface area contributed by atoms with Crippen LogP contribution in [0, 0.1) is 0 Å². The maximum atomic E-state index is 12.5. The Kier molecular flexibility index (Phi) is 6.22. The maximum Gasteiger partial charge on any atom is 0.242 e. The Labute approximate surface area is 153 Å². The van der Waals surface area contributed by atoms with Crippen LogP contribution in [-0.4, -0.2) is 101 Å². The van der Waals surface area contributed by atoms with Gasteiger partial charge < -0.3 is 14.7 Å². The number of piperidine rings is 1. The molecule has 140 valence electrons. The Morgan fingerprint density at radius 1 is 1.04 bits per heavy atom. The highest BCUT2D eigenvalue weighted by Gasteiger charge is 2.29. The summed E-state index contributed by atoms with van der Waals surface area (Å²) in [6.07, 6.45) is 3.41. The van der Waals surface area contributed by atoms with Crippen molar-refractivity contribution in [2.24, 2.45) is 0 Å². The van der Waals surface area contributed by atoms with E-state index in [9.17, 15) is 14.4 Å². The number of rotatable bonds is 4. The smallest absolute Gasteiger partial charge is 0.242 e. The number of likely N-dealkylation sites (tertiary alicyclic amines) is 1. The predicted octanol–water partition coefficient (Wildman–Crippen LogP) is 0.0645. The lowest BCUT2D eigenvalue weighted by Gasteiger charge is -2.38. The van der Waals surface area contributed by atoms with Crippen LogP contribution in [0.25, 0.3) is 0 Å². The average molecular weight is 369 g/mol. The second-order valence-corrected chi connectivity index (χ2v) is 8.11. The van der Waals surface area contributed by atoms with E-state index in [1.54, 1.807) is 16.7 Å². The first kappa shape index (κ1) is 18.5. The van der Waals surface area contributed by atoms with E-state index in [0.717, 1.165) is 32.5 Å². The zero-order valence-electron chi connectivity index (χ0n) is 15.0. The molecule has 3 rings (SSSR count). The van der Waals surface area contributed by atoms with Crippen molar-refractivity contribution < 1.29 is 14.4 Å². The fourth-order valence-corrected chi connectivity index (χ4v) is 4.61. The summed E-state index contributed by atoms with van der Waals surface area (Å²) in [6, 6.07) is 0.347. The van der Waals surface area contributed by atoms with E-state index in [2.05, 4.69) is 11.8 Å². The van der Waals surface area contributed by atoms with Crippen molar-refractivity contribution in [1.29, 1.82) is 0 Å². The first-order valence-corrected chi connectivity index (χ1v) is 10.3. The van der Waals surface area contributed by atoms with Crippen LogP contribution in [0.4, 0.5) is 0 Å². The molecular formula is C17H28N4O3S. The third kappa shape index (κ3) is 4.67. The normalized spacial score (nSPS) is 25.6. The lowest BCUT2D eigenvalue weighted by atomic mass is 10.0. The lowest BCUT2D eigenvalue weighted by molar-refractivity contribution is -0.140. The fraction of sp³-hybridized carbons (Fsp3) is 0.824. The molecule has 0 aromatic rings. The molecular weight excluding hydrogens is 340 g/mol. The SMILES string of the molecule is CC1CCCCN1C(=O)CN1CCN(C(=O)CN2CSCC2=O)CC1. The van der Waals surface area contributed by atoms with Gasteiger partial charge in [0.1, 0.15) is 6.54 Å². The third-order valence-electron chi connectivity index (χ3n) is 5.36. The largest absolute Gasteiger partial charge is 0.339 e. The topological polar surface area (TPSA) is 64.2 Å². The molecule has 3 fully saturated rings. The molecule has 3 aliphatic heterocycles. The summed E-state index contributed by atoms with van der Waals surface area (Å²) in [7, 11) is 0. The van der Waals surface area contributed by atoms with Crippen molar-refractivity contribution in [3.05, 3.63) is 0 Å². The van der Waals surface area contributed by atoms with Crippen LogP contribution >= 0.6 is 11.8 Å². The van der Waals surface area contributed by atoms with E-state index in [1.165, 1.54) is 6.42 Å². The summed E-state index contributed by atoms with van der Waals surface area (Å²) in [5.74, 6) is 1.39. The highest BCUT2D eigenvalue weighted by molar-refractivity contribution is 8.00. The molecule has 0 spiro atoms. The van der Waals surface area contributed by atoms with E-state index in [-0.39, 0.29) is 24.3 Å². The number of carbonyl (C=O) groups is 3. The standard InChI is InChI=1S/C17H28N4O3S/c1-14-4-2-3-5-21(14)16(23)10-18-6-8-19(9-7-18)15(22)11-20-13-25-12-17(20)24/h14H,2-13H2,1H3. The van der Waals surface area contributed by atoms with Gasteiger partial charge in [0.05, 0.1) is 18.2 Å². The van der Waals surface area contributed by atoms with Crippen LogP contribution < -0.4 is 0 Å². The van der Waals surface area contributed by atoms with Crippen molar-refractivity contribution in [3.63, 3.8) is 0 Å². The van der Waals surface area contributed by atoms with Gasteiger partial charge in [-0.25, -0.2) is 0 Å². The first-order chi connectivity index (χ1) is 12.0. The van der Waals surface area contributed by atoms with Crippen LogP contribution in [0.3, 0.4) is 0 Å². The van der Waals surface area contributed by atoms with Crippen molar-refractivity contribution in [1.82, 2.24) is 19.6 Å². The minimum Gasteiger partial charge on any atom is -0.339 e. The molecule has 3 amide bonds. The molecule has 0 N–H and O–H groups in total. The predicted molar refractivity (Wildman–Crippen MR) is 97.1 cm³/mol. The number of thioether (sulfide) groups is 1. The van der Waals surface area contributed by atoms with Crippen LogP contribution in [-0.2, 0) is 14.4 Å². The van der Waals surface area contributed by atoms with Crippen LogP contribution in [0.2, 0.25) is 0 Å². The number of piperazine rings is 1. The average Bonchev–Trinajstić information content (AvgIpc) is 3.00. The first-order valence-electron chi connectivity index (χ1n) is 9.19. The van der Waals surface area contributed by atoms with Crippen molar-refractivity contribution in [2.45, 2.75) is 32.2 Å². The van der Waals surface area contributed by atoms with E-state index >= 15 is 0 Å². The summed E-state index contributed by atoms with van der Waals surface area (Å²) in [5, 5.41) is 0. The Morgan fingerprint density at radius 2 is 1.80 bits per heavy atom. The molecule has 25 heavy (non-hydrogen) atoms. The van der Waals surface area contributed by atoms with Crippen LogP contribution in [0.5, 0.6) is 0 Å². The van der Waals surface area contributed by atoms with Gasteiger partial charge in [0.2, 0.25) is 17.7 Å². The number of hydrogen-bond acceptors (Lipinski definition) is 5. The van der Waals surface area contributed by atoms with Gasteiger partial charge in [-0.15, -0.1) is 11.8 Å². The molecule has 3 saturated heterocycles. The van der Waals surface area contributed by atoms with Gasteiger partial charge in [0.15, 0.2) is 0 Å². The Hall–Kier alpha value is -1.28. The van der Waals surface area contributed by atoms with Crippen LogP contribution in [0.1, 0.15) is 26.2 Å². The number of hydrogen-bond donors (Lipinski definition) is 0. The zero-order valence-corrected chi connectivity index (χ0v) is 15.8. The molecule has 3 heterocycles. The lowest BCUT2D eigenvalue weighted by Crippen LogP contribution is -2.54. The fourth-order valence-electron chi connectivity index (χ4n) is 3.71. The zero-order chi connectivity index (χ0) is 17.8. The van der Waals surface area contributed by atoms with E-state index in [4.69, 9.17) is 0 Å². The third-order valence-corrected chi connectivity index (χ3v) is 6.30. The molecule has 7 nitrogen and oxygen atoms in total. The van der Waals surface area contributed by atoms with Gasteiger partial charge >= 0.3 is 0 Å². The van der Waals surface area contributed by atoms with E-state index in [0.29, 0.717) is 37.3 Å². The Bertz CT molecular complexity index is 522. The molecule has 1 atom stereocenters. The molecule has 8 heteroatoms. The monoisotopic (exact) mass is 368 g/mol. The van der Waals surface area contributed by atoms with Crippen molar-refractivity contribution in [2.75, 3.05) is 57.4 Å². The molecule has 3 aliphatic rings. The van der Waals surface area contributed by atoms with Crippen molar-refractivity contribution in [3.8, 4) is 0 Å².